The average molecular weight is 547 g/mol. The molecule has 204 valence electrons. The van der Waals surface area contributed by atoms with Crippen LogP contribution in [0.5, 0.6) is 5.75 Å². The monoisotopic (exact) mass is 546 g/mol. The van der Waals surface area contributed by atoms with Crippen molar-refractivity contribution in [2.75, 3.05) is 6.61 Å². The molecule has 12 heteroatoms. The predicted octanol–water partition coefficient (Wildman–Crippen LogP) is 3.69. The molecule has 0 unspecified atom stereocenters. The molecule has 3 N–H and O–H groups in total. The van der Waals surface area contributed by atoms with Gasteiger partial charge in [0.1, 0.15) is 12.4 Å². The molecular formula is C25H30ClF3N2O6. The number of hydrogen-bond acceptors (Lipinski definition) is 6. The maximum Gasteiger partial charge on any atom is 0.522 e. The summed E-state index contributed by atoms with van der Waals surface area (Å²) in [4.78, 5) is 25.6. The van der Waals surface area contributed by atoms with Gasteiger partial charge in [-0.05, 0) is 56.7 Å². The Hall–Kier alpha value is -2.08. The van der Waals surface area contributed by atoms with Crippen molar-refractivity contribution in [1.82, 2.24) is 10.6 Å². The van der Waals surface area contributed by atoms with Crippen molar-refractivity contribution in [3.05, 3.63) is 28.8 Å². The van der Waals surface area contributed by atoms with E-state index in [2.05, 4.69) is 15.4 Å². The summed E-state index contributed by atoms with van der Waals surface area (Å²) in [6.45, 7) is -0.207. The van der Waals surface area contributed by atoms with E-state index in [9.17, 15) is 27.9 Å². The van der Waals surface area contributed by atoms with Gasteiger partial charge in [-0.2, -0.15) is 0 Å². The Morgan fingerprint density at radius 2 is 1.65 bits per heavy atom. The van der Waals surface area contributed by atoms with Crippen LogP contribution in [0.1, 0.15) is 69.5 Å². The second kappa shape index (κ2) is 9.91. The first-order valence-electron chi connectivity index (χ1n) is 12.6. The molecule has 2 atom stereocenters. The minimum Gasteiger partial charge on any atom is -0.480 e. The average Bonchev–Trinajstić information content (AvgIpc) is 2.81. The topological polar surface area (TPSA) is 106 Å². The highest BCUT2D eigenvalue weighted by Gasteiger charge is 2.51. The van der Waals surface area contributed by atoms with Crippen LogP contribution in [0.2, 0.25) is 5.02 Å². The summed E-state index contributed by atoms with van der Waals surface area (Å²) >= 11 is 6.00. The highest BCUT2D eigenvalue weighted by atomic mass is 35.5. The van der Waals surface area contributed by atoms with Crippen LogP contribution in [0.25, 0.3) is 0 Å². The lowest BCUT2D eigenvalue weighted by Crippen LogP contribution is -2.65. The smallest absolute Gasteiger partial charge is 0.480 e. The van der Waals surface area contributed by atoms with Crippen LogP contribution in [0.15, 0.2) is 18.2 Å². The van der Waals surface area contributed by atoms with Gasteiger partial charge in [-0.1, -0.05) is 11.6 Å². The van der Waals surface area contributed by atoms with Crippen molar-refractivity contribution < 1.29 is 42.1 Å². The standard InChI is InChI=1S/C25H30ClF3N2O6/c26-14-1-2-19-17(9-14)18(32)12-20(36-19)22(34)31-24-6-3-23(4-7-24,5-8-24)30-21(33)13-35-15-10-16(11-15)37-25(27,28)29/h1-2,9,15-16,18,20,32H,3-8,10-13H2,(H,30,33)(H,31,34)/t15?,16?,18-,20+,23?,24?/m1/s1. The van der Waals surface area contributed by atoms with Crippen molar-refractivity contribution >= 4 is 23.4 Å². The number of nitrogens with one attached hydrogen (secondary N) is 2. The van der Waals surface area contributed by atoms with Gasteiger partial charge < -0.3 is 25.2 Å². The van der Waals surface area contributed by atoms with Gasteiger partial charge in [0.2, 0.25) is 5.91 Å². The van der Waals surface area contributed by atoms with Gasteiger partial charge in [0, 0.05) is 40.9 Å². The molecule has 1 aromatic carbocycles. The molecule has 4 aliphatic carbocycles. The third-order valence-corrected chi connectivity index (χ3v) is 8.41. The zero-order valence-electron chi connectivity index (χ0n) is 20.1. The summed E-state index contributed by atoms with van der Waals surface area (Å²) in [5.41, 5.74) is -0.181. The van der Waals surface area contributed by atoms with Crippen molar-refractivity contribution in [1.29, 1.82) is 0 Å². The fourth-order valence-corrected chi connectivity index (χ4v) is 6.13. The SMILES string of the molecule is O=C(COC1CC(OC(F)(F)F)C1)NC12CCC(NC(=O)[C@@H]3C[C@@H](O)c4cc(Cl)ccc4O3)(CC1)CC2. The number of aliphatic hydroxyl groups is 1. The molecular weight excluding hydrogens is 517 g/mol. The summed E-state index contributed by atoms with van der Waals surface area (Å²) < 4.78 is 51.9. The Morgan fingerprint density at radius 1 is 1.03 bits per heavy atom. The van der Waals surface area contributed by atoms with E-state index < -0.39 is 30.8 Å². The number of amides is 2. The quantitative estimate of drug-likeness (QED) is 0.482. The Morgan fingerprint density at radius 3 is 2.27 bits per heavy atom. The number of ether oxygens (including phenoxy) is 3. The molecule has 1 aromatic rings. The molecule has 4 saturated carbocycles. The molecule has 2 amide bonds. The van der Waals surface area contributed by atoms with Gasteiger partial charge >= 0.3 is 6.36 Å². The van der Waals surface area contributed by atoms with Crippen molar-refractivity contribution in [2.24, 2.45) is 0 Å². The lowest BCUT2D eigenvalue weighted by molar-refractivity contribution is -0.357. The molecule has 5 aliphatic rings. The summed E-state index contributed by atoms with van der Waals surface area (Å²) in [6.07, 6.45) is -3.12. The third-order valence-electron chi connectivity index (χ3n) is 8.17. The fraction of sp³-hybridized carbons (Fsp3) is 0.680. The molecule has 4 fully saturated rings. The molecule has 1 aliphatic heterocycles. The van der Waals surface area contributed by atoms with E-state index in [-0.39, 0.29) is 48.8 Å². The number of carbonyl (C=O) groups excluding carboxylic acids is 2. The van der Waals surface area contributed by atoms with Gasteiger partial charge in [-0.15, -0.1) is 13.2 Å². The van der Waals surface area contributed by atoms with E-state index >= 15 is 0 Å². The number of benzene rings is 1. The minimum atomic E-state index is -4.66. The first-order valence-corrected chi connectivity index (χ1v) is 12.9. The van der Waals surface area contributed by atoms with E-state index in [4.69, 9.17) is 21.1 Å². The van der Waals surface area contributed by atoms with Crippen LogP contribution in [-0.2, 0) is 19.1 Å². The zero-order chi connectivity index (χ0) is 26.4. The third kappa shape index (κ3) is 6.00. The molecule has 1 heterocycles. The van der Waals surface area contributed by atoms with Gasteiger partial charge in [-0.25, -0.2) is 0 Å². The number of alkyl halides is 3. The normalized spacial score (nSPS) is 34.6. The molecule has 37 heavy (non-hydrogen) atoms. The van der Waals surface area contributed by atoms with E-state index in [1.54, 1.807) is 18.2 Å². The van der Waals surface area contributed by atoms with E-state index in [1.807, 2.05) is 0 Å². The number of fused-ring (bicyclic) bond motifs is 4. The van der Waals surface area contributed by atoms with Crippen LogP contribution >= 0.6 is 11.6 Å². The van der Waals surface area contributed by atoms with Gasteiger partial charge in [0.15, 0.2) is 6.10 Å². The van der Waals surface area contributed by atoms with Crippen LogP contribution in [0, 0.1) is 0 Å². The zero-order valence-corrected chi connectivity index (χ0v) is 20.9. The van der Waals surface area contributed by atoms with Gasteiger partial charge in [0.05, 0.1) is 18.3 Å². The van der Waals surface area contributed by atoms with E-state index in [0.717, 1.165) is 0 Å². The highest BCUT2D eigenvalue weighted by Crippen LogP contribution is 2.47. The van der Waals surface area contributed by atoms with Crippen LogP contribution in [-0.4, -0.2) is 59.3 Å². The summed E-state index contributed by atoms with van der Waals surface area (Å²) in [5, 5.41) is 17.2. The number of hydrogen-bond donors (Lipinski definition) is 3. The van der Waals surface area contributed by atoms with E-state index in [1.165, 1.54) is 0 Å². The lowest BCUT2D eigenvalue weighted by Gasteiger charge is -2.54. The number of rotatable bonds is 7. The number of carbonyl (C=O) groups is 2. The molecule has 2 bridgehead atoms. The molecule has 0 spiro atoms. The first kappa shape index (κ1) is 26.5. The van der Waals surface area contributed by atoms with Crippen LogP contribution < -0.4 is 15.4 Å². The molecule has 6 rings (SSSR count). The Bertz CT molecular complexity index is 1020. The predicted molar refractivity (Wildman–Crippen MR) is 125 cm³/mol. The molecule has 8 nitrogen and oxygen atoms in total. The Balaban J connectivity index is 1.07. The maximum atomic E-state index is 13.1. The van der Waals surface area contributed by atoms with Crippen LogP contribution in [0.3, 0.4) is 0 Å². The van der Waals surface area contributed by atoms with E-state index in [0.29, 0.717) is 54.9 Å². The second-order valence-electron chi connectivity index (χ2n) is 10.7. The van der Waals surface area contributed by atoms with Crippen molar-refractivity contribution in [3.8, 4) is 5.75 Å². The van der Waals surface area contributed by atoms with Crippen molar-refractivity contribution in [3.63, 3.8) is 0 Å². The largest absolute Gasteiger partial charge is 0.522 e. The molecule has 0 saturated heterocycles. The Labute approximate surface area is 217 Å². The number of halogens is 4. The van der Waals surface area contributed by atoms with Crippen molar-refractivity contribution in [2.45, 2.75) is 99.6 Å². The van der Waals surface area contributed by atoms with Crippen LogP contribution in [0.4, 0.5) is 13.2 Å². The lowest BCUT2D eigenvalue weighted by atomic mass is 9.61. The minimum absolute atomic E-state index is 0.112. The Kier molecular flexibility index (Phi) is 7.10. The second-order valence-corrected chi connectivity index (χ2v) is 11.2. The highest BCUT2D eigenvalue weighted by molar-refractivity contribution is 6.30. The summed E-state index contributed by atoms with van der Waals surface area (Å²) in [7, 11) is 0. The molecule has 0 radical (unpaired) electrons. The fourth-order valence-electron chi connectivity index (χ4n) is 5.95. The van der Waals surface area contributed by atoms with Gasteiger partial charge in [0.25, 0.3) is 5.91 Å². The van der Waals surface area contributed by atoms with Gasteiger partial charge in [-0.3, -0.25) is 14.3 Å². The molecule has 0 aromatic heterocycles. The summed E-state index contributed by atoms with van der Waals surface area (Å²) in [5.74, 6) is -0.107. The summed E-state index contributed by atoms with van der Waals surface area (Å²) in [6, 6.07) is 4.94. The first-order chi connectivity index (χ1) is 17.4. The number of aliphatic hydroxyl groups excluding tert-OH is 1. The maximum absolute atomic E-state index is 13.1.